The third-order valence-electron chi connectivity index (χ3n) is 10.6. The van der Waals surface area contributed by atoms with Gasteiger partial charge in [0.25, 0.3) is 0 Å². The van der Waals surface area contributed by atoms with E-state index in [0.29, 0.717) is 6.67 Å². The lowest BCUT2D eigenvalue weighted by molar-refractivity contribution is 0.483. The van der Waals surface area contributed by atoms with Crippen molar-refractivity contribution in [3.8, 4) is 17.3 Å². The summed E-state index contributed by atoms with van der Waals surface area (Å²) in [5.74, 6) is 2.46. The zero-order valence-electron chi connectivity index (χ0n) is 30.0. The Morgan fingerprint density at radius 1 is 0.509 bits per heavy atom. The molecule has 5 nitrogen and oxygen atoms in total. The second kappa shape index (κ2) is 12.0. The molecule has 10 rings (SSSR count). The Morgan fingerprint density at radius 2 is 1.17 bits per heavy atom. The van der Waals surface area contributed by atoms with Crippen molar-refractivity contribution >= 4 is 66.1 Å². The maximum absolute atomic E-state index is 6.66. The number of fused-ring (bicyclic) bond motifs is 7. The molecule has 0 amide bonds. The molecule has 53 heavy (non-hydrogen) atoms. The molecule has 0 radical (unpaired) electrons. The summed E-state index contributed by atoms with van der Waals surface area (Å²) in [6.45, 7) is 7.40. The van der Waals surface area contributed by atoms with E-state index in [9.17, 15) is 0 Å². The van der Waals surface area contributed by atoms with Crippen molar-refractivity contribution in [1.82, 2.24) is 9.55 Å². The average Bonchev–Trinajstić information content (AvgIpc) is 3.74. The zero-order valence-corrected chi connectivity index (χ0v) is 30.0. The Morgan fingerprint density at radius 3 is 2.00 bits per heavy atom. The number of para-hydroxylation sites is 3. The summed E-state index contributed by atoms with van der Waals surface area (Å²) in [7, 11) is 0. The first-order chi connectivity index (χ1) is 25.9. The Kier molecular flexibility index (Phi) is 7.05. The van der Waals surface area contributed by atoms with Gasteiger partial charge in [-0.3, -0.25) is 4.57 Å². The topological polar surface area (TPSA) is 33.5 Å². The van der Waals surface area contributed by atoms with Crippen molar-refractivity contribution in [2.24, 2.45) is 0 Å². The van der Waals surface area contributed by atoms with Crippen molar-refractivity contribution in [3.63, 3.8) is 0 Å². The van der Waals surface area contributed by atoms with Crippen LogP contribution in [0.5, 0.6) is 11.5 Å². The van der Waals surface area contributed by atoms with Crippen LogP contribution in [0.15, 0.2) is 164 Å². The summed E-state index contributed by atoms with van der Waals surface area (Å²) in [4.78, 5) is 9.61. The Balaban J connectivity index is 0.994. The normalized spacial score (nSPS) is 13.0. The molecule has 5 heteroatoms. The summed E-state index contributed by atoms with van der Waals surface area (Å²) in [5.41, 5.74) is 8.02. The van der Waals surface area contributed by atoms with E-state index in [-0.39, 0.29) is 5.41 Å². The molecular weight excluding hydrogens is 649 g/mol. The first-order valence-corrected chi connectivity index (χ1v) is 18.2. The number of benzene rings is 7. The second-order valence-electron chi connectivity index (χ2n) is 15.0. The Labute approximate surface area is 308 Å². The minimum atomic E-state index is 0.00737. The lowest BCUT2D eigenvalue weighted by atomic mass is 9.88. The maximum atomic E-state index is 6.66. The van der Waals surface area contributed by atoms with Crippen molar-refractivity contribution in [1.29, 1.82) is 0 Å². The third kappa shape index (κ3) is 5.27. The van der Waals surface area contributed by atoms with Gasteiger partial charge in [-0.15, -0.1) is 0 Å². The molecule has 3 heterocycles. The van der Waals surface area contributed by atoms with Gasteiger partial charge in [-0.1, -0.05) is 99.6 Å². The van der Waals surface area contributed by atoms with Gasteiger partial charge in [0.15, 0.2) is 0 Å². The highest BCUT2D eigenvalue weighted by molar-refractivity contribution is 6.10. The molecular formula is C48H38N4O. The smallest absolute Gasteiger partial charge is 0.137 e. The summed E-state index contributed by atoms with van der Waals surface area (Å²) in [6.07, 6.45) is 1.92. The molecule has 1 aliphatic rings. The number of anilines is 4. The van der Waals surface area contributed by atoms with Crippen molar-refractivity contribution in [3.05, 3.63) is 169 Å². The van der Waals surface area contributed by atoms with Crippen molar-refractivity contribution < 1.29 is 4.74 Å². The quantitative estimate of drug-likeness (QED) is 0.169. The highest BCUT2D eigenvalue weighted by Gasteiger charge is 2.28. The lowest BCUT2D eigenvalue weighted by Crippen LogP contribution is -2.23. The van der Waals surface area contributed by atoms with E-state index in [2.05, 4.69) is 187 Å². The van der Waals surface area contributed by atoms with E-state index in [4.69, 9.17) is 9.72 Å². The predicted octanol–water partition coefficient (Wildman–Crippen LogP) is 12.8. The van der Waals surface area contributed by atoms with Crippen LogP contribution in [0, 0.1) is 0 Å². The minimum absolute atomic E-state index is 0.00737. The van der Waals surface area contributed by atoms with Crippen molar-refractivity contribution in [2.75, 3.05) is 16.5 Å². The fourth-order valence-electron chi connectivity index (χ4n) is 7.94. The van der Waals surface area contributed by atoms with Crippen LogP contribution in [0.25, 0.3) is 49.2 Å². The van der Waals surface area contributed by atoms with Gasteiger partial charge in [-0.2, -0.15) is 0 Å². The van der Waals surface area contributed by atoms with Crippen LogP contribution < -0.4 is 14.5 Å². The van der Waals surface area contributed by atoms with Gasteiger partial charge in [0.1, 0.15) is 24.0 Å². The van der Waals surface area contributed by atoms with Crippen LogP contribution >= 0.6 is 0 Å². The molecule has 1 aliphatic heterocycles. The van der Waals surface area contributed by atoms with Crippen LogP contribution in [0.3, 0.4) is 0 Å². The molecule has 0 saturated carbocycles. The lowest BCUT2D eigenvalue weighted by Gasteiger charge is -2.23. The monoisotopic (exact) mass is 686 g/mol. The van der Waals surface area contributed by atoms with Crippen LogP contribution in [0.2, 0.25) is 0 Å². The summed E-state index contributed by atoms with van der Waals surface area (Å²) < 4.78 is 8.92. The zero-order chi connectivity index (χ0) is 35.7. The molecule has 2 aromatic heterocycles. The fraction of sp³-hybridized carbons (Fsp3) is 0.104. The Hall–Kier alpha value is -6.59. The largest absolute Gasteiger partial charge is 0.457 e. The predicted molar refractivity (Wildman–Crippen MR) is 221 cm³/mol. The van der Waals surface area contributed by atoms with Gasteiger partial charge in [0.05, 0.1) is 22.4 Å². The number of nitrogens with zero attached hydrogens (tertiary/aromatic N) is 4. The fourth-order valence-corrected chi connectivity index (χ4v) is 7.94. The first kappa shape index (κ1) is 31.2. The SMILES string of the molecule is CC(C)(C)c1ccnc(-n2c3ccccc3c3ccc(Oc4cccc(N5CN(c6ccc7c(ccc8ccccc87)c6)c6ccccc65)c4)cc32)c1. The molecule has 7 aromatic carbocycles. The van der Waals surface area contributed by atoms with Crippen LogP contribution in [0.4, 0.5) is 22.7 Å². The van der Waals surface area contributed by atoms with Gasteiger partial charge >= 0.3 is 0 Å². The van der Waals surface area contributed by atoms with Crippen LogP contribution in [-0.2, 0) is 5.41 Å². The van der Waals surface area contributed by atoms with E-state index in [1.54, 1.807) is 0 Å². The molecule has 256 valence electrons. The third-order valence-corrected chi connectivity index (χ3v) is 10.6. The molecule has 0 atom stereocenters. The van der Waals surface area contributed by atoms with Gasteiger partial charge in [-0.05, 0) is 99.3 Å². The summed E-state index contributed by atoms with van der Waals surface area (Å²) in [6, 6.07) is 56.2. The van der Waals surface area contributed by atoms with Crippen molar-refractivity contribution in [2.45, 2.75) is 26.2 Å². The molecule has 0 saturated heterocycles. The van der Waals surface area contributed by atoms with E-state index in [0.717, 1.165) is 34.0 Å². The van der Waals surface area contributed by atoms with Gasteiger partial charge in [0.2, 0.25) is 0 Å². The molecule has 9 aromatic rings. The standard InChI is InChI=1S/C48H38N4O/c1-48(2,3)34-25-26-49-47(28-34)52-43-16-7-6-15-41(43)42-24-22-38(30-46(42)52)53-37-13-10-12-35(29-37)50-31-51(45-18-9-8-17-44(45)50)36-21-23-40-33(27-36)20-19-32-11-4-5-14-39(32)40/h4-30H,31H2,1-3H3. The highest BCUT2D eigenvalue weighted by Crippen LogP contribution is 2.46. The molecule has 0 spiro atoms. The second-order valence-corrected chi connectivity index (χ2v) is 15.0. The van der Waals surface area contributed by atoms with E-state index in [1.807, 2.05) is 12.3 Å². The van der Waals surface area contributed by atoms with Gasteiger partial charge in [-0.25, -0.2) is 4.98 Å². The van der Waals surface area contributed by atoms with Crippen LogP contribution in [0.1, 0.15) is 26.3 Å². The summed E-state index contributed by atoms with van der Waals surface area (Å²) in [5, 5.41) is 7.41. The molecule has 0 unspecified atom stereocenters. The number of aromatic nitrogens is 2. The molecule has 0 fully saturated rings. The van der Waals surface area contributed by atoms with E-state index >= 15 is 0 Å². The maximum Gasteiger partial charge on any atom is 0.137 e. The molecule has 0 bridgehead atoms. The van der Waals surface area contributed by atoms with Crippen LogP contribution in [-0.4, -0.2) is 16.2 Å². The number of ether oxygens (including phenoxy) is 1. The van der Waals surface area contributed by atoms with E-state index in [1.165, 1.54) is 54.9 Å². The number of pyridine rings is 1. The average molecular weight is 687 g/mol. The summed E-state index contributed by atoms with van der Waals surface area (Å²) >= 11 is 0. The van der Waals surface area contributed by atoms with Gasteiger partial charge in [0, 0.05) is 40.5 Å². The minimum Gasteiger partial charge on any atom is -0.457 e. The number of hydrogen-bond acceptors (Lipinski definition) is 4. The molecule has 0 aliphatic carbocycles. The number of rotatable bonds is 5. The van der Waals surface area contributed by atoms with E-state index < -0.39 is 0 Å². The molecule has 0 N–H and O–H groups in total. The highest BCUT2D eigenvalue weighted by atomic mass is 16.5. The first-order valence-electron chi connectivity index (χ1n) is 18.2. The van der Waals surface area contributed by atoms with Gasteiger partial charge < -0.3 is 14.5 Å². The Bertz CT molecular complexity index is 2860. The number of hydrogen-bond donors (Lipinski definition) is 0.